The summed E-state index contributed by atoms with van der Waals surface area (Å²) in [4.78, 5) is 2.38. The Bertz CT molecular complexity index is 1080. The summed E-state index contributed by atoms with van der Waals surface area (Å²) in [5.41, 5.74) is 3.87. The summed E-state index contributed by atoms with van der Waals surface area (Å²) in [6.45, 7) is 3.90. The molecule has 0 spiro atoms. The number of aliphatic hydroxyl groups is 1. The van der Waals surface area contributed by atoms with Gasteiger partial charge >= 0.3 is 0 Å². The van der Waals surface area contributed by atoms with Crippen LogP contribution in [0.3, 0.4) is 0 Å². The van der Waals surface area contributed by atoms with Gasteiger partial charge in [-0.25, -0.2) is 8.42 Å². The summed E-state index contributed by atoms with van der Waals surface area (Å²) in [6, 6.07) is 22.3. The van der Waals surface area contributed by atoms with Crippen molar-refractivity contribution >= 4 is 9.84 Å². The number of aliphatic hydroxyl groups excluding tert-OH is 1. The zero-order valence-corrected chi connectivity index (χ0v) is 18.8. The van der Waals surface area contributed by atoms with Gasteiger partial charge in [0.05, 0.1) is 17.3 Å². The van der Waals surface area contributed by atoms with E-state index >= 15 is 0 Å². The van der Waals surface area contributed by atoms with Gasteiger partial charge in [-0.2, -0.15) is 0 Å². The van der Waals surface area contributed by atoms with Crippen LogP contribution in [0.15, 0.2) is 77.7 Å². The molecule has 0 atom stereocenters. The second kappa shape index (κ2) is 10.6. The van der Waals surface area contributed by atoms with Crippen LogP contribution >= 0.6 is 0 Å². The molecule has 6 heteroatoms. The number of ether oxygens (including phenoxy) is 1. The van der Waals surface area contributed by atoms with Gasteiger partial charge in [0.15, 0.2) is 9.84 Å². The zero-order chi connectivity index (χ0) is 22.3. The summed E-state index contributed by atoms with van der Waals surface area (Å²) in [6.07, 6.45) is 0. The van der Waals surface area contributed by atoms with Gasteiger partial charge in [0, 0.05) is 13.1 Å². The third-order valence-corrected chi connectivity index (χ3v) is 6.64. The van der Waals surface area contributed by atoms with Crippen LogP contribution in [0.4, 0.5) is 0 Å². The largest absolute Gasteiger partial charge is 0.489 e. The third-order valence-electron chi connectivity index (χ3n) is 4.93. The lowest BCUT2D eigenvalue weighted by atomic mass is 10.1. The minimum atomic E-state index is -3.41. The van der Waals surface area contributed by atoms with Crippen LogP contribution in [0, 0.1) is 6.92 Å². The van der Waals surface area contributed by atoms with Crippen LogP contribution in [0.2, 0.25) is 0 Å². The van der Waals surface area contributed by atoms with E-state index in [1.165, 1.54) is 5.56 Å². The molecule has 3 aromatic carbocycles. The highest BCUT2D eigenvalue weighted by molar-refractivity contribution is 7.90. The second-order valence-electron chi connectivity index (χ2n) is 7.79. The summed E-state index contributed by atoms with van der Waals surface area (Å²) >= 11 is 0. The molecule has 3 rings (SSSR count). The molecule has 5 nitrogen and oxygen atoms in total. The minimum absolute atomic E-state index is 0.0644. The maximum Gasteiger partial charge on any atom is 0.182 e. The smallest absolute Gasteiger partial charge is 0.182 e. The molecule has 0 unspecified atom stereocenters. The van der Waals surface area contributed by atoms with Crippen LogP contribution in [0.5, 0.6) is 5.75 Å². The Labute approximate surface area is 184 Å². The van der Waals surface area contributed by atoms with Crippen molar-refractivity contribution in [3.05, 3.63) is 95.1 Å². The monoisotopic (exact) mass is 439 g/mol. The number of hydrogen-bond acceptors (Lipinski definition) is 5. The molecule has 0 aromatic heterocycles. The van der Waals surface area contributed by atoms with E-state index in [1.54, 1.807) is 36.4 Å². The quantitative estimate of drug-likeness (QED) is 0.518. The first-order chi connectivity index (χ1) is 14.9. The van der Waals surface area contributed by atoms with Crippen molar-refractivity contribution < 1.29 is 18.3 Å². The molecular weight excluding hydrogens is 410 g/mol. The molecule has 0 aliphatic heterocycles. The third kappa shape index (κ3) is 6.92. The zero-order valence-electron chi connectivity index (χ0n) is 18.0. The molecule has 0 radical (unpaired) electrons. The van der Waals surface area contributed by atoms with Crippen LogP contribution in [0.1, 0.15) is 22.3 Å². The average Bonchev–Trinajstić information content (AvgIpc) is 2.73. The molecule has 0 heterocycles. The fourth-order valence-electron chi connectivity index (χ4n) is 3.39. The summed E-state index contributed by atoms with van der Waals surface area (Å²) in [5, 5.41) is 9.00. The van der Waals surface area contributed by atoms with Gasteiger partial charge in [0.2, 0.25) is 0 Å². The summed E-state index contributed by atoms with van der Waals surface area (Å²) < 4.78 is 31.3. The van der Waals surface area contributed by atoms with E-state index in [2.05, 4.69) is 17.0 Å². The fraction of sp³-hybridized carbons (Fsp3) is 0.280. The van der Waals surface area contributed by atoms with Crippen molar-refractivity contribution in [3.8, 4) is 5.75 Å². The molecule has 0 saturated carbocycles. The second-order valence-corrected chi connectivity index (χ2v) is 9.78. The van der Waals surface area contributed by atoms with Gasteiger partial charge in [-0.1, -0.05) is 48.5 Å². The lowest BCUT2D eigenvalue weighted by Crippen LogP contribution is -2.21. The van der Waals surface area contributed by atoms with Gasteiger partial charge in [-0.05, 0) is 60.5 Å². The molecule has 0 amide bonds. The molecule has 0 aliphatic carbocycles. The van der Waals surface area contributed by atoms with Gasteiger partial charge in [0.25, 0.3) is 0 Å². The van der Waals surface area contributed by atoms with Crippen molar-refractivity contribution in [1.82, 2.24) is 4.90 Å². The molecule has 31 heavy (non-hydrogen) atoms. The first-order valence-electron chi connectivity index (χ1n) is 10.2. The lowest BCUT2D eigenvalue weighted by molar-refractivity contribution is 0.217. The van der Waals surface area contributed by atoms with E-state index in [0.29, 0.717) is 29.4 Å². The van der Waals surface area contributed by atoms with Crippen molar-refractivity contribution in [2.24, 2.45) is 0 Å². The predicted octanol–water partition coefficient (Wildman–Crippen LogP) is 3.97. The van der Waals surface area contributed by atoms with E-state index in [9.17, 15) is 8.42 Å². The number of benzene rings is 3. The number of rotatable bonds is 10. The summed E-state index contributed by atoms with van der Waals surface area (Å²) in [5.74, 6) is 0.593. The Morgan fingerprint density at radius 1 is 0.903 bits per heavy atom. The van der Waals surface area contributed by atoms with E-state index in [1.807, 2.05) is 38.2 Å². The maximum absolute atomic E-state index is 12.7. The maximum atomic E-state index is 12.7. The van der Waals surface area contributed by atoms with Gasteiger partial charge < -0.3 is 9.84 Å². The molecule has 0 aliphatic rings. The van der Waals surface area contributed by atoms with E-state index < -0.39 is 9.84 Å². The lowest BCUT2D eigenvalue weighted by Gasteiger charge is -2.15. The standard InChI is InChI=1S/C25H29NO4S/c1-20-14-23(19-31(28,29)25-6-4-3-5-7-25)16-24(15-20)30-18-22-10-8-21(9-11-22)17-26(2)12-13-27/h3-11,14-16,27H,12-13,17-19H2,1-2H3. The Balaban J connectivity index is 1.64. The number of aryl methyl sites for hydroxylation is 1. The Morgan fingerprint density at radius 3 is 2.26 bits per heavy atom. The molecule has 1 N–H and O–H groups in total. The van der Waals surface area contributed by atoms with Crippen molar-refractivity contribution in [2.45, 2.75) is 30.7 Å². The molecule has 0 fully saturated rings. The van der Waals surface area contributed by atoms with Gasteiger partial charge in [-0.15, -0.1) is 0 Å². The van der Waals surface area contributed by atoms with Crippen LogP contribution in [-0.4, -0.2) is 38.6 Å². The Hall–Kier alpha value is -2.67. The Kier molecular flexibility index (Phi) is 7.85. The molecular formula is C25H29NO4S. The number of sulfone groups is 1. The van der Waals surface area contributed by atoms with E-state index in [-0.39, 0.29) is 12.4 Å². The SMILES string of the molecule is Cc1cc(CS(=O)(=O)c2ccccc2)cc(OCc2ccc(CN(C)CCO)cc2)c1. The number of likely N-dealkylation sites (N-methyl/N-ethyl adjacent to an activating group) is 1. The first-order valence-corrected chi connectivity index (χ1v) is 11.9. The Morgan fingerprint density at radius 2 is 1.58 bits per heavy atom. The van der Waals surface area contributed by atoms with E-state index in [4.69, 9.17) is 9.84 Å². The first kappa shape index (κ1) is 23.0. The number of nitrogens with zero attached hydrogens (tertiary/aromatic N) is 1. The normalized spacial score (nSPS) is 11.6. The average molecular weight is 440 g/mol. The predicted molar refractivity (Wildman–Crippen MR) is 123 cm³/mol. The topological polar surface area (TPSA) is 66.8 Å². The minimum Gasteiger partial charge on any atom is -0.489 e. The number of hydrogen-bond donors (Lipinski definition) is 1. The van der Waals surface area contributed by atoms with Crippen molar-refractivity contribution in [1.29, 1.82) is 0 Å². The molecule has 0 saturated heterocycles. The van der Waals surface area contributed by atoms with Crippen molar-refractivity contribution in [3.63, 3.8) is 0 Å². The highest BCUT2D eigenvalue weighted by Crippen LogP contribution is 2.23. The highest BCUT2D eigenvalue weighted by Gasteiger charge is 2.15. The van der Waals surface area contributed by atoms with Gasteiger partial charge in [0.1, 0.15) is 12.4 Å². The van der Waals surface area contributed by atoms with Crippen LogP contribution < -0.4 is 4.74 Å². The van der Waals surface area contributed by atoms with E-state index in [0.717, 1.165) is 17.7 Å². The van der Waals surface area contributed by atoms with Gasteiger partial charge in [-0.3, -0.25) is 4.90 Å². The van der Waals surface area contributed by atoms with Crippen LogP contribution in [0.25, 0.3) is 0 Å². The molecule has 164 valence electrons. The fourth-order valence-corrected chi connectivity index (χ4v) is 4.73. The summed E-state index contributed by atoms with van der Waals surface area (Å²) in [7, 11) is -1.44. The highest BCUT2D eigenvalue weighted by atomic mass is 32.2. The molecule has 0 bridgehead atoms. The van der Waals surface area contributed by atoms with Crippen LogP contribution in [-0.2, 0) is 28.7 Å². The van der Waals surface area contributed by atoms with Crippen molar-refractivity contribution in [2.75, 3.05) is 20.2 Å². The molecule has 3 aromatic rings.